The summed E-state index contributed by atoms with van der Waals surface area (Å²) in [7, 11) is 1.43. The van der Waals surface area contributed by atoms with Gasteiger partial charge in [-0.1, -0.05) is 13.8 Å². The second-order valence-corrected chi connectivity index (χ2v) is 5.67. The Labute approximate surface area is 130 Å². The summed E-state index contributed by atoms with van der Waals surface area (Å²) >= 11 is 3.08. The lowest BCUT2D eigenvalue weighted by Gasteiger charge is -2.20. The van der Waals surface area contributed by atoms with Crippen LogP contribution in [0.15, 0.2) is 21.2 Å². The molecule has 2 N–H and O–H groups in total. The van der Waals surface area contributed by atoms with E-state index in [1.165, 1.54) is 13.1 Å². The van der Waals surface area contributed by atoms with Gasteiger partial charge in [0.25, 0.3) is 5.91 Å². The van der Waals surface area contributed by atoms with Gasteiger partial charge < -0.3 is 19.7 Å². The van der Waals surface area contributed by atoms with E-state index in [1.54, 1.807) is 19.9 Å². The van der Waals surface area contributed by atoms with Crippen LogP contribution in [-0.4, -0.2) is 47.4 Å². The zero-order valence-electron chi connectivity index (χ0n) is 11.9. The zero-order valence-corrected chi connectivity index (χ0v) is 13.5. The second kappa shape index (κ2) is 7.26. The Kier molecular flexibility index (Phi) is 5.95. The van der Waals surface area contributed by atoms with Gasteiger partial charge in [-0.25, -0.2) is 4.79 Å². The molecule has 1 atom stereocenters. The Balaban J connectivity index is 2.61. The Hall–Kier alpha value is -1.83. The van der Waals surface area contributed by atoms with Crippen LogP contribution in [0.2, 0.25) is 0 Å². The van der Waals surface area contributed by atoms with Crippen LogP contribution in [0.3, 0.4) is 0 Å². The summed E-state index contributed by atoms with van der Waals surface area (Å²) in [6, 6.07) is 2.06. The second-order valence-electron chi connectivity index (χ2n) is 4.89. The number of furan rings is 1. The number of halogens is 1. The molecule has 0 aliphatic carbocycles. The van der Waals surface area contributed by atoms with Crippen molar-refractivity contribution in [2.24, 2.45) is 5.92 Å². The van der Waals surface area contributed by atoms with Crippen LogP contribution in [0.5, 0.6) is 0 Å². The molecule has 0 unspecified atom stereocenters. The first-order valence-electron chi connectivity index (χ1n) is 6.25. The fourth-order valence-electron chi connectivity index (χ4n) is 1.64. The average Bonchev–Trinajstić information content (AvgIpc) is 2.80. The summed E-state index contributed by atoms with van der Waals surface area (Å²) < 4.78 is 5.52. The monoisotopic (exact) mass is 360 g/mol. The van der Waals surface area contributed by atoms with Gasteiger partial charge in [-0.05, 0) is 34.0 Å². The number of carboxylic acids is 1. The van der Waals surface area contributed by atoms with Crippen molar-refractivity contribution in [1.82, 2.24) is 10.2 Å². The first-order valence-corrected chi connectivity index (χ1v) is 7.04. The van der Waals surface area contributed by atoms with E-state index >= 15 is 0 Å². The molecule has 0 fully saturated rings. The standard InChI is InChI=1S/C13H17BrN2O5/c1-7(2)11(13(19)20)15-10(17)6-16(3)12(18)8-4-5-9(14)21-8/h4-5,7,11H,6H2,1-3H3,(H,15,17)(H,19,20)/t11-/m1/s1. The van der Waals surface area contributed by atoms with E-state index < -0.39 is 23.8 Å². The van der Waals surface area contributed by atoms with Crippen LogP contribution >= 0.6 is 15.9 Å². The number of rotatable bonds is 6. The molecule has 8 heteroatoms. The first-order chi connectivity index (χ1) is 9.72. The van der Waals surface area contributed by atoms with Crippen LogP contribution in [0.25, 0.3) is 0 Å². The molecule has 0 saturated carbocycles. The van der Waals surface area contributed by atoms with Crippen LogP contribution in [0.4, 0.5) is 0 Å². The van der Waals surface area contributed by atoms with E-state index in [2.05, 4.69) is 21.2 Å². The Morgan fingerprint density at radius 1 is 1.38 bits per heavy atom. The summed E-state index contributed by atoms with van der Waals surface area (Å²) in [4.78, 5) is 35.9. The first kappa shape index (κ1) is 17.2. The number of carbonyl (C=O) groups excluding carboxylic acids is 2. The molecule has 0 aliphatic rings. The van der Waals surface area contributed by atoms with E-state index in [1.807, 2.05) is 0 Å². The Bertz CT molecular complexity index is 540. The maximum atomic E-state index is 12.0. The number of likely N-dealkylation sites (N-methyl/N-ethyl adjacent to an activating group) is 1. The molecule has 116 valence electrons. The van der Waals surface area contributed by atoms with Gasteiger partial charge in [-0.15, -0.1) is 0 Å². The number of hydrogen-bond donors (Lipinski definition) is 2. The van der Waals surface area contributed by atoms with Crippen molar-refractivity contribution >= 4 is 33.7 Å². The molecule has 0 aliphatic heterocycles. The topological polar surface area (TPSA) is 99.9 Å². The lowest BCUT2D eigenvalue weighted by atomic mass is 10.0. The molecule has 0 spiro atoms. The molecule has 1 rings (SSSR count). The van der Waals surface area contributed by atoms with Crippen molar-refractivity contribution in [3.05, 3.63) is 22.6 Å². The van der Waals surface area contributed by atoms with Gasteiger partial charge in [-0.3, -0.25) is 9.59 Å². The van der Waals surface area contributed by atoms with Gasteiger partial charge in [0, 0.05) is 7.05 Å². The molecule has 0 aromatic carbocycles. The van der Waals surface area contributed by atoms with Crippen LogP contribution in [0, 0.1) is 5.92 Å². The number of amides is 2. The Morgan fingerprint density at radius 3 is 2.43 bits per heavy atom. The molecule has 2 amide bonds. The molecular weight excluding hydrogens is 344 g/mol. The minimum Gasteiger partial charge on any atom is -0.480 e. The fourth-order valence-corrected chi connectivity index (χ4v) is 1.94. The third kappa shape index (κ3) is 4.89. The lowest BCUT2D eigenvalue weighted by Crippen LogP contribution is -2.48. The van der Waals surface area contributed by atoms with Crippen molar-refractivity contribution in [2.75, 3.05) is 13.6 Å². The predicted octanol–water partition coefficient (Wildman–Crippen LogP) is 1.34. The van der Waals surface area contributed by atoms with Gasteiger partial charge in [0.05, 0.1) is 6.54 Å². The summed E-state index contributed by atoms with van der Waals surface area (Å²) in [5, 5.41) is 11.4. The molecule has 0 bridgehead atoms. The highest BCUT2D eigenvalue weighted by atomic mass is 79.9. The van der Waals surface area contributed by atoms with Crippen molar-refractivity contribution in [3.63, 3.8) is 0 Å². The van der Waals surface area contributed by atoms with Crippen LogP contribution in [0.1, 0.15) is 24.4 Å². The number of carboxylic acid groups (broad SMARTS) is 1. The van der Waals surface area contributed by atoms with E-state index in [0.29, 0.717) is 4.67 Å². The van der Waals surface area contributed by atoms with Gasteiger partial charge in [0.15, 0.2) is 10.4 Å². The van der Waals surface area contributed by atoms with Crippen LogP contribution < -0.4 is 5.32 Å². The van der Waals surface area contributed by atoms with E-state index in [-0.39, 0.29) is 18.2 Å². The molecule has 1 aromatic rings. The maximum Gasteiger partial charge on any atom is 0.326 e. The highest BCUT2D eigenvalue weighted by Crippen LogP contribution is 2.15. The molecule has 0 saturated heterocycles. The zero-order chi connectivity index (χ0) is 16.2. The lowest BCUT2D eigenvalue weighted by molar-refractivity contribution is -0.143. The van der Waals surface area contributed by atoms with Crippen LogP contribution in [-0.2, 0) is 9.59 Å². The molecular formula is C13H17BrN2O5. The largest absolute Gasteiger partial charge is 0.480 e. The molecule has 21 heavy (non-hydrogen) atoms. The van der Waals surface area contributed by atoms with Gasteiger partial charge in [0.1, 0.15) is 6.04 Å². The van der Waals surface area contributed by atoms with Crippen molar-refractivity contribution in [3.8, 4) is 0 Å². The maximum absolute atomic E-state index is 12.0. The van der Waals surface area contributed by atoms with Gasteiger partial charge in [-0.2, -0.15) is 0 Å². The van der Waals surface area contributed by atoms with Gasteiger partial charge in [0.2, 0.25) is 5.91 Å². The number of nitrogens with zero attached hydrogens (tertiary/aromatic N) is 1. The predicted molar refractivity (Wildman–Crippen MR) is 77.8 cm³/mol. The highest BCUT2D eigenvalue weighted by Gasteiger charge is 2.25. The minimum atomic E-state index is -1.11. The summed E-state index contributed by atoms with van der Waals surface area (Å²) in [5.41, 5.74) is 0. The number of carbonyl (C=O) groups is 3. The molecule has 1 heterocycles. The summed E-state index contributed by atoms with van der Waals surface area (Å²) in [6.07, 6.45) is 0. The van der Waals surface area contributed by atoms with E-state index in [9.17, 15) is 14.4 Å². The number of aliphatic carboxylic acids is 1. The van der Waals surface area contributed by atoms with Crippen molar-refractivity contribution in [2.45, 2.75) is 19.9 Å². The van der Waals surface area contributed by atoms with E-state index in [4.69, 9.17) is 9.52 Å². The SMILES string of the molecule is CC(C)[C@@H](NC(=O)CN(C)C(=O)c1ccc(Br)o1)C(=O)O. The fraction of sp³-hybridized carbons (Fsp3) is 0.462. The highest BCUT2D eigenvalue weighted by molar-refractivity contribution is 9.10. The van der Waals surface area contributed by atoms with E-state index in [0.717, 1.165) is 4.90 Å². The minimum absolute atomic E-state index is 0.0934. The van der Waals surface area contributed by atoms with Crippen molar-refractivity contribution in [1.29, 1.82) is 0 Å². The molecule has 7 nitrogen and oxygen atoms in total. The normalized spacial score (nSPS) is 12.0. The van der Waals surface area contributed by atoms with Crippen molar-refractivity contribution < 1.29 is 23.9 Å². The van der Waals surface area contributed by atoms with Gasteiger partial charge >= 0.3 is 5.97 Å². The third-order valence-corrected chi connectivity index (χ3v) is 3.19. The Morgan fingerprint density at radius 2 is 2.00 bits per heavy atom. The summed E-state index contributed by atoms with van der Waals surface area (Å²) in [5.74, 6) is -2.28. The number of hydrogen-bond acceptors (Lipinski definition) is 4. The number of nitrogens with one attached hydrogen (secondary N) is 1. The molecule has 0 radical (unpaired) electrons. The summed E-state index contributed by atoms with van der Waals surface area (Å²) in [6.45, 7) is 3.12. The third-order valence-electron chi connectivity index (χ3n) is 2.76. The molecule has 1 aromatic heterocycles. The average molecular weight is 361 g/mol. The quantitative estimate of drug-likeness (QED) is 0.797. The smallest absolute Gasteiger partial charge is 0.326 e.